The predicted octanol–water partition coefficient (Wildman–Crippen LogP) is 1.51. The molecule has 23 heavy (non-hydrogen) atoms. The SMILES string of the molecule is CCOCC(O)CCCCS(=O)(=O)NCCCCCCC(=O)O. The van der Waals surface area contributed by atoms with Gasteiger partial charge in [0, 0.05) is 19.6 Å². The minimum absolute atomic E-state index is 0.0629. The first-order valence-electron chi connectivity index (χ1n) is 8.32. The second-order valence-electron chi connectivity index (χ2n) is 5.58. The molecule has 0 aromatic rings. The molecule has 0 fully saturated rings. The molecule has 1 unspecified atom stereocenters. The van der Waals surface area contributed by atoms with Crippen molar-refractivity contribution in [1.82, 2.24) is 4.72 Å². The summed E-state index contributed by atoms with van der Waals surface area (Å²) in [6.45, 7) is 3.11. The van der Waals surface area contributed by atoms with Crippen molar-refractivity contribution in [3.8, 4) is 0 Å². The molecule has 0 spiro atoms. The van der Waals surface area contributed by atoms with E-state index in [0.717, 1.165) is 12.8 Å². The molecule has 0 saturated carbocycles. The summed E-state index contributed by atoms with van der Waals surface area (Å²) in [5.74, 6) is -0.732. The van der Waals surface area contributed by atoms with Crippen LogP contribution in [0.25, 0.3) is 0 Å². The van der Waals surface area contributed by atoms with Gasteiger partial charge in [0.2, 0.25) is 10.0 Å². The minimum atomic E-state index is -3.26. The van der Waals surface area contributed by atoms with Gasteiger partial charge in [-0.2, -0.15) is 0 Å². The highest BCUT2D eigenvalue weighted by molar-refractivity contribution is 7.89. The quantitative estimate of drug-likeness (QED) is 0.363. The molecule has 0 bridgehead atoms. The molecule has 0 aliphatic carbocycles. The molecule has 3 N–H and O–H groups in total. The van der Waals surface area contributed by atoms with Gasteiger partial charge in [0.1, 0.15) is 0 Å². The lowest BCUT2D eigenvalue weighted by molar-refractivity contribution is -0.137. The van der Waals surface area contributed by atoms with Crippen LogP contribution in [0.15, 0.2) is 0 Å². The van der Waals surface area contributed by atoms with Crippen LogP contribution in [0, 0.1) is 0 Å². The Morgan fingerprint density at radius 3 is 2.48 bits per heavy atom. The summed E-state index contributed by atoms with van der Waals surface area (Å²) in [7, 11) is -3.26. The van der Waals surface area contributed by atoms with Crippen LogP contribution < -0.4 is 4.72 Å². The second-order valence-corrected chi connectivity index (χ2v) is 7.51. The Morgan fingerprint density at radius 1 is 1.13 bits per heavy atom. The summed E-state index contributed by atoms with van der Waals surface area (Å²) in [6, 6.07) is 0. The van der Waals surface area contributed by atoms with Gasteiger partial charge in [0.15, 0.2) is 0 Å². The largest absolute Gasteiger partial charge is 0.481 e. The number of carboxylic acids is 1. The normalized spacial score (nSPS) is 13.1. The van der Waals surface area contributed by atoms with Gasteiger partial charge >= 0.3 is 5.97 Å². The number of hydrogen-bond acceptors (Lipinski definition) is 5. The maximum Gasteiger partial charge on any atom is 0.303 e. The van der Waals surface area contributed by atoms with E-state index >= 15 is 0 Å². The molecule has 0 saturated heterocycles. The fourth-order valence-corrected chi connectivity index (χ4v) is 3.25. The summed E-state index contributed by atoms with van der Waals surface area (Å²) in [6.07, 6.45) is 4.29. The van der Waals surface area contributed by atoms with Gasteiger partial charge in [0.25, 0.3) is 0 Å². The first-order chi connectivity index (χ1) is 10.9. The molecule has 1 atom stereocenters. The summed E-state index contributed by atoms with van der Waals surface area (Å²) in [4.78, 5) is 10.3. The van der Waals surface area contributed by atoms with Crippen molar-refractivity contribution in [2.75, 3.05) is 25.5 Å². The standard InChI is InChI=1S/C15H31NO6S/c1-2-22-13-14(17)9-6-8-12-23(20,21)16-11-7-4-3-5-10-15(18)19/h14,16-17H,2-13H2,1H3,(H,18,19). The number of carboxylic acid groups (broad SMARTS) is 1. The molecule has 0 aliphatic rings. The average Bonchev–Trinajstić information content (AvgIpc) is 2.48. The van der Waals surface area contributed by atoms with E-state index < -0.39 is 22.1 Å². The van der Waals surface area contributed by atoms with Crippen molar-refractivity contribution < 1.29 is 28.2 Å². The molecule has 0 radical (unpaired) electrons. The maximum absolute atomic E-state index is 11.7. The number of aliphatic carboxylic acids is 1. The molecule has 0 heterocycles. The van der Waals surface area contributed by atoms with Crippen LogP contribution in [0.3, 0.4) is 0 Å². The van der Waals surface area contributed by atoms with Crippen molar-refractivity contribution in [1.29, 1.82) is 0 Å². The molecule has 138 valence electrons. The van der Waals surface area contributed by atoms with E-state index in [-0.39, 0.29) is 12.2 Å². The van der Waals surface area contributed by atoms with Crippen molar-refractivity contribution in [3.05, 3.63) is 0 Å². The fourth-order valence-electron chi connectivity index (χ4n) is 2.06. The van der Waals surface area contributed by atoms with Gasteiger partial charge < -0.3 is 14.9 Å². The van der Waals surface area contributed by atoms with Crippen LogP contribution in [0.1, 0.15) is 58.3 Å². The Hall–Kier alpha value is -0.700. The monoisotopic (exact) mass is 353 g/mol. The summed E-state index contributed by atoms with van der Waals surface area (Å²) < 4.78 is 31.1. The molecule has 0 amide bonds. The van der Waals surface area contributed by atoms with Crippen molar-refractivity contribution in [2.45, 2.75) is 64.4 Å². The summed E-state index contributed by atoms with van der Waals surface area (Å²) >= 11 is 0. The van der Waals surface area contributed by atoms with E-state index in [0.29, 0.717) is 51.9 Å². The molecular weight excluding hydrogens is 322 g/mol. The lowest BCUT2D eigenvalue weighted by atomic mass is 10.1. The zero-order chi connectivity index (χ0) is 17.6. The third-order valence-electron chi connectivity index (χ3n) is 3.35. The van der Waals surface area contributed by atoms with E-state index in [4.69, 9.17) is 9.84 Å². The van der Waals surface area contributed by atoms with Gasteiger partial charge in [0.05, 0.1) is 18.5 Å². The first-order valence-corrected chi connectivity index (χ1v) is 9.97. The van der Waals surface area contributed by atoms with Crippen molar-refractivity contribution in [3.63, 3.8) is 0 Å². The van der Waals surface area contributed by atoms with E-state index in [2.05, 4.69) is 4.72 Å². The van der Waals surface area contributed by atoms with Crippen LogP contribution in [0.2, 0.25) is 0 Å². The molecule has 0 aromatic carbocycles. The smallest absolute Gasteiger partial charge is 0.303 e. The number of unbranched alkanes of at least 4 members (excludes halogenated alkanes) is 4. The molecule has 7 nitrogen and oxygen atoms in total. The summed E-state index contributed by atoms with van der Waals surface area (Å²) in [5, 5.41) is 18.0. The third-order valence-corrected chi connectivity index (χ3v) is 4.82. The first kappa shape index (κ1) is 22.3. The molecular formula is C15H31NO6S. The van der Waals surface area contributed by atoms with Crippen LogP contribution in [0.4, 0.5) is 0 Å². The molecule has 0 aromatic heterocycles. The average molecular weight is 353 g/mol. The lowest BCUT2D eigenvalue weighted by Gasteiger charge is -2.10. The lowest BCUT2D eigenvalue weighted by Crippen LogP contribution is -2.27. The van der Waals surface area contributed by atoms with E-state index in [1.807, 2.05) is 6.92 Å². The number of hydrogen-bond donors (Lipinski definition) is 3. The Kier molecular flexibility index (Phi) is 13.3. The summed E-state index contributed by atoms with van der Waals surface area (Å²) in [5.41, 5.74) is 0. The zero-order valence-electron chi connectivity index (χ0n) is 14.0. The highest BCUT2D eigenvalue weighted by Gasteiger charge is 2.10. The highest BCUT2D eigenvalue weighted by Crippen LogP contribution is 2.05. The topological polar surface area (TPSA) is 113 Å². The Balaban J connectivity index is 3.56. The molecule has 0 rings (SSSR count). The Morgan fingerprint density at radius 2 is 1.83 bits per heavy atom. The number of sulfonamides is 1. The molecule has 8 heteroatoms. The van der Waals surface area contributed by atoms with Crippen LogP contribution >= 0.6 is 0 Å². The minimum Gasteiger partial charge on any atom is -0.481 e. The van der Waals surface area contributed by atoms with E-state index in [9.17, 15) is 18.3 Å². The van der Waals surface area contributed by atoms with Crippen molar-refractivity contribution in [2.24, 2.45) is 0 Å². The van der Waals surface area contributed by atoms with Gasteiger partial charge in [-0.1, -0.05) is 12.8 Å². The van der Waals surface area contributed by atoms with Gasteiger partial charge in [-0.15, -0.1) is 0 Å². The number of nitrogens with one attached hydrogen (secondary N) is 1. The number of aliphatic hydroxyl groups is 1. The van der Waals surface area contributed by atoms with Crippen LogP contribution in [-0.4, -0.2) is 56.2 Å². The number of aliphatic hydroxyl groups excluding tert-OH is 1. The number of carbonyl (C=O) groups is 1. The highest BCUT2D eigenvalue weighted by atomic mass is 32.2. The van der Waals surface area contributed by atoms with Gasteiger partial charge in [-0.3, -0.25) is 4.79 Å². The second kappa shape index (κ2) is 13.7. The molecule has 0 aliphatic heterocycles. The zero-order valence-corrected chi connectivity index (χ0v) is 14.8. The van der Waals surface area contributed by atoms with Gasteiger partial charge in [-0.05, 0) is 39.0 Å². The van der Waals surface area contributed by atoms with Crippen LogP contribution in [-0.2, 0) is 19.6 Å². The van der Waals surface area contributed by atoms with Crippen molar-refractivity contribution >= 4 is 16.0 Å². The third kappa shape index (κ3) is 16.0. The predicted molar refractivity (Wildman–Crippen MR) is 88.9 cm³/mol. The Bertz CT molecular complexity index is 399. The fraction of sp³-hybridized carbons (Fsp3) is 0.933. The maximum atomic E-state index is 11.7. The van der Waals surface area contributed by atoms with E-state index in [1.54, 1.807) is 0 Å². The number of ether oxygens (including phenoxy) is 1. The van der Waals surface area contributed by atoms with E-state index in [1.165, 1.54) is 0 Å². The number of rotatable bonds is 16. The van der Waals surface area contributed by atoms with Crippen LogP contribution in [0.5, 0.6) is 0 Å². The Labute approximate surface area is 139 Å². The van der Waals surface area contributed by atoms with Gasteiger partial charge in [-0.25, -0.2) is 13.1 Å².